The van der Waals surface area contributed by atoms with Gasteiger partial charge >= 0.3 is 0 Å². The molecule has 1 unspecified atom stereocenters. The number of halogens is 2. The van der Waals surface area contributed by atoms with Crippen molar-refractivity contribution < 1.29 is 22.4 Å². The van der Waals surface area contributed by atoms with Crippen LogP contribution in [0.2, 0.25) is 5.02 Å². The number of nitrogens with zero attached hydrogens (tertiary/aromatic N) is 2. The first-order valence-electron chi connectivity index (χ1n) is 12.2. The summed E-state index contributed by atoms with van der Waals surface area (Å²) in [5.74, 6) is -1.61. The van der Waals surface area contributed by atoms with Gasteiger partial charge in [-0.2, -0.15) is 0 Å². The lowest BCUT2D eigenvalue weighted by Gasteiger charge is -2.32. The highest BCUT2D eigenvalue weighted by Gasteiger charge is 2.32. The van der Waals surface area contributed by atoms with E-state index in [1.165, 1.54) is 54.3 Å². The van der Waals surface area contributed by atoms with Crippen molar-refractivity contribution in [2.75, 3.05) is 17.4 Å². The Morgan fingerprint density at radius 1 is 1.03 bits per heavy atom. The Kier molecular flexibility index (Phi) is 9.88. The van der Waals surface area contributed by atoms with E-state index >= 15 is 0 Å². The van der Waals surface area contributed by atoms with Gasteiger partial charge in [0.25, 0.3) is 10.0 Å². The van der Waals surface area contributed by atoms with Crippen molar-refractivity contribution in [3.8, 4) is 0 Å². The number of amides is 2. The van der Waals surface area contributed by atoms with Crippen LogP contribution in [0, 0.1) is 12.7 Å². The Morgan fingerprint density at radius 2 is 1.71 bits per heavy atom. The van der Waals surface area contributed by atoms with E-state index in [0.29, 0.717) is 18.0 Å². The smallest absolute Gasteiger partial charge is 0.264 e. The number of aryl methyl sites for hydroxylation is 1. The molecule has 1 N–H and O–H groups in total. The summed E-state index contributed by atoms with van der Waals surface area (Å²) in [6.07, 6.45) is 0.695. The molecule has 0 saturated carbocycles. The molecule has 0 aliphatic heterocycles. The van der Waals surface area contributed by atoms with Gasteiger partial charge in [0.1, 0.15) is 18.4 Å². The fraction of sp³-hybridized carbons (Fsp3) is 0.286. The minimum absolute atomic E-state index is 0.0504. The summed E-state index contributed by atoms with van der Waals surface area (Å²) in [5.41, 5.74) is 1.28. The second kappa shape index (κ2) is 12.9. The fourth-order valence-electron chi connectivity index (χ4n) is 3.83. The van der Waals surface area contributed by atoms with Crippen LogP contribution in [0.4, 0.5) is 10.1 Å². The normalized spacial score (nSPS) is 12.0. The number of hydrogen-bond acceptors (Lipinski definition) is 4. The number of carbonyl (C=O) groups is 2. The summed E-state index contributed by atoms with van der Waals surface area (Å²) in [7, 11) is -4.20. The number of hydrogen-bond donors (Lipinski definition) is 1. The van der Waals surface area contributed by atoms with Crippen LogP contribution in [0.5, 0.6) is 0 Å². The maximum absolute atomic E-state index is 14.5. The largest absolute Gasteiger partial charge is 0.354 e. The summed E-state index contributed by atoms with van der Waals surface area (Å²) in [5, 5.41) is 3.12. The lowest BCUT2D eigenvalue weighted by molar-refractivity contribution is -0.139. The third-order valence-electron chi connectivity index (χ3n) is 5.99. The average Bonchev–Trinajstić information content (AvgIpc) is 2.89. The third-order valence-corrected chi connectivity index (χ3v) is 8.03. The molecule has 0 aromatic heterocycles. The Bertz CT molecular complexity index is 1380. The summed E-state index contributed by atoms with van der Waals surface area (Å²) in [4.78, 5) is 27.8. The second-order valence-corrected chi connectivity index (χ2v) is 11.2. The van der Waals surface area contributed by atoms with Gasteiger partial charge in [0.05, 0.1) is 10.6 Å². The van der Waals surface area contributed by atoms with Gasteiger partial charge in [0.15, 0.2) is 0 Å². The Labute approximate surface area is 228 Å². The molecule has 0 heterocycles. The van der Waals surface area contributed by atoms with Gasteiger partial charge < -0.3 is 10.2 Å². The van der Waals surface area contributed by atoms with Gasteiger partial charge in [0.2, 0.25) is 11.8 Å². The van der Waals surface area contributed by atoms with Gasteiger partial charge in [-0.3, -0.25) is 13.9 Å². The number of anilines is 1. The van der Waals surface area contributed by atoms with Crippen LogP contribution < -0.4 is 9.62 Å². The zero-order valence-corrected chi connectivity index (χ0v) is 23.1. The number of sulfonamides is 1. The minimum atomic E-state index is -4.20. The van der Waals surface area contributed by atoms with Crippen LogP contribution in [0.1, 0.15) is 31.4 Å². The first kappa shape index (κ1) is 29.1. The van der Waals surface area contributed by atoms with E-state index in [1.54, 1.807) is 24.3 Å². The van der Waals surface area contributed by atoms with Gasteiger partial charge in [-0.05, 0) is 68.3 Å². The molecule has 202 valence electrons. The maximum atomic E-state index is 14.5. The van der Waals surface area contributed by atoms with Crippen molar-refractivity contribution >= 4 is 39.1 Å². The standard InChI is InChI=1S/C28H31ClFN3O4S/c1-4-16-31-28(35)21(3)32(18-22-9-5-6-11-26(22)30)27(34)19-33(24-10-7-8-20(2)17-24)38(36,37)25-14-12-23(29)13-15-25/h5-15,17,21H,4,16,18-19H2,1-3H3,(H,31,35). The summed E-state index contributed by atoms with van der Waals surface area (Å²) >= 11 is 5.96. The lowest BCUT2D eigenvalue weighted by Crippen LogP contribution is -2.51. The van der Waals surface area contributed by atoms with Crippen molar-refractivity contribution in [1.29, 1.82) is 0 Å². The fourth-order valence-corrected chi connectivity index (χ4v) is 5.37. The Balaban J connectivity index is 2.03. The molecule has 0 fully saturated rings. The molecule has 0 aliphatic carbocycles. The van der Waals surface area contributed by atoms with Gasteiger partial charge in [0, 0.05) is 23.7 Å². The molecule has 3 aromatic carbocycles. The van der Waals surface area contributed by atoms with Crippen LogP contribution >= 0.6 is 11.6 Å². The van der Waals surface area contributed by atoms with Gasteiger partial charge in [-0.15, -0.1) is 0 Å². The van der Waals surface area contributed by atoms with Gasteiger partial charge in [-0.1, -0.05) is 48.9 Å². The predicted octanol–water partition coefficient (Wildman–Crippen LogP) is 4.93. The van der Waals surface area contributed by atoms with Crippen LogP contribution in [0.25, 0.3) is 0 Å². The maximum Gasteiger partial charge on any atom is 0.264 e. The zero-order chi connectivity index (χ0) is 27.9. The molecule has 0 aliphatic rings. The second-order valence-electron chi connectivity index (χ2n) is 8.88. The Hall–Kier alpha value is -3.43. The SMILES string of the molecule is CCCNC(=O)C(C)N(Cc1ccccc1F)C(=O)CN(c1cccc(C)c1)S(=O)(=O)c1ccc(Cl)cc1. The molecule has 3 rings (SSSR count). The molecule has 7 nitrogen and oxygen atoms in total. The highest BCUT2D eigenvalue weighted by Crippen LogP contribution is 2.26. The molecule has 1 atom stereocenters. The van der Waals surface area contributed by atoms with E-state index < -0.39 is 40.2 Å². The molecule has 0 spiro atoms. The number of carbonyl (C=O) groups excluding carboxylic acids is 2. The molecule has 0 radical (unpaired) electrons. The quantitative estimate of drug-likeness (QED) is 0.361. The van der Waals surface area contributed by atoms with E-state index in [9.17, 15) is 22.4 Å². The molecule has 2 amide bonds. The van der Waals surface area contributed by atoms with Crippen molar-refractivity contribution in [2.45, 2.75) is 44.7 Å². The predicted molar refractivity (Wildman–Crippen MR) is 147 cm³/mol. The van der Waals surface area contributed by atoms with Crippen molar-refractivity contribution in [3.63, 3.8) is 0 Å². The van der Waals surface area contributed by atoms with Crippen molar-refractivity contribution in [2.24, 2.45) is 0 Å². The topological polar surface area (TPSA) is 86.8 Å². The number of nitrogens with one attached hydrogen (secondary N) is 1. The van der Waals surface area contributed by atoms with Gasteiger partial charge in [-0.25, -0.2) is 12.8 Å². The molecule has 0 bridgehead atoms. The van der Waals surface area contributed by atoms with Crippen LogP contribution in [0.15, 0.2) is 77.7 Å². The molecular formula is C28H31ClFN3O4S. The number of rotatable bonds is 11. The van der Waals surface area contributed by atoms with Crippen molar-refractivity contribution in [1.82, 2.24) is 10.2 Å². The molecule has 0 saturated heterocycles. The summed E-state index contributed by atoms with van der Waals surface area (Å²) in [6, 6.07) is 17.3. The first-order chi connectivity index (χ1) is 18.0. The molecule has 10 heteroatoms. The first-order valence-corrected chi connectivity index (χ1v) is 14.0. The minimum Gasteiger partial charge on any atom is -0.354 e. The van der Waals surface area contributed by atoms with Crippen LogP contribution in [0.3, 0.4) is 0 Å². The summed E-state index contributed by atoms with van der Waals surface area (Å²) < 4.78 is 43.0. The van der Waals surface area contributed by atoms with Crippen LogP contribution in [-0.2, 0) is 26.2 Å². The summed E-state index contributed by atoms with van der Waals surface area (Å²) in [6.45, 7) is 4.83. The van der Waals surface area contributed by atoms with Crippen LogP contribution in [-0.4, -0.2) is 44.3 Å². The van der Waals surface area contributed by atoms with E-state index in [2.05, 4.69) is 5.32 Å². The zero-order valence-electron chi connectivity index (χ0n) is 21.5. The highest BCUT2D eigenvalue weighted by molar-refractivity contribution is 7.92. The molecule has 3 aromatic rings. The molecular weight excluding hydrogens is 529 g/mol. The van der Waals surface area contributed by atoms with E-state index in [0.717, 1.165) is 9.87 Å². The Morgan fingerprint density at radius 3 is 2.34 bits per heavy atom. The molecule has 38 heavy (non-hydrogen) atoms. The third kappa shape index (κ3) is 7.11. The lowest BCUT2D eigenvalue weighted by atomic mass is 10.1. The van der Waals surface area contributed by atoms with E-state index in [1.807, 2.05) is 19.9 Å². The van der Waals surface area contributed by atoms with Crippen molar-refractivity contribution in [3.05, 3.63) is 94.8 Å². The average molecular weight is 560 g/mol. The number of benzene rings is 3. The highest BCUT2D eigenvalue weighted by atomic mass is 35.5. The van der Waals surface area contributed by atoms with E-state index in [-0.39, 0.29) is 22.7 Å². The van der Waals surface area contributed by atoms with E-state index in [4.69, 9.17) is 11.6 Å². The monoisotopic (exact) mass is 559 g/mol.